The Balaban J connectivity index is 1.93. The van der Waals surface area contributed by atoms with E-state index in [2.05, 4.69) is 11.9 Å². The summed E-state index contributed by atoms with van der Waals surface area (Å²) in [6.45, 7) is 2.77. The normalized spacial score (nSPS) is 22.1. The minimum absolute atomic E-state index is 0.0992. The highest BCUT2D eigenvalue weighted by molar-refractivity contribution is 5.59. The van der Waals surface area contributed by atoms with E-state index < -0.39 is 11.7 Å². The van der Waals surface area contributed by atoms with Crippen molar-refractivity contribution in [2.45, 2.75) is 38.0 Å². The van der Waals surface area contributed by atoms with E-state index in [0.29, 0.717) is 17.8 Å². The lowest BCUT2D eigenvalue weighted by Gasteiger charge is -2.25. The zero-order valence-electron chi connectivity index (χ0n) is 11.6. The first-order valence-corrected chi connectivity index (χ1v) is 6.85. The van der Waals surface area contributed by atoms with E-state index in [4.69, 9.17) is 5.73 Å². The molecule has 3 rings (SSSR count). The topological polar surface area (TPSA) is 43.8 Å². The van der Waals surface area contributed by atoms with Gasteiger partial charge in [0.1, 0.15) is 5.82 Å². The summed E-state index contributed by atoms with van der Waals surface area (Å²) in [4.78, 5) is 4.55. The second-order valence-electron chi connectivity index (χ2n) is 5.61. The summed E-state index contributed by atoms with van der Waals surface area (Å²) in [6.07, 6.45) is -1.57. The maximum absolute atomic E-state index is 12.6. The smallest absolute Gasteiger partial charge is 0.332 e. The van der Waals surface area contributed by atoms with Gasteiger partial charge in [-0.25, -0.2) is 4.98 Å². The molecule has 0 bridgehead atoms. The number of nitrogens with two attached hydrogens (primary N) is 1. The maximum atomic E-state index is 12.6. The number of fused-ring (bicyclic) bond motifs is 1. The van der Waals surface area contributed by atoms with Crippen molar-refractivity contribution in [3.63, 3.8) is 0 Å². The Morgan fingerprint density at radius 3 is 2.52 bits per heavy atom. The predicted molar refractivity (Wildman–Crippen MR) is 73.7 cm³/mol. The van der Waals surface area contributed by atoms with Crippen molar-refractivity contribution < 1.29 is 13.2 Å². The quantitative estimate of drug-likeness (QED) is 0.876. The molecule has 21 heavy (non-hydrogen) atoms. The van der Waals surface area contributed by atoms with Gasteiger partial charge in [0, 0.05) is 30.3 Å². The van der Waals surface area contributed by atoms with Gasteiger partial charge in [0.2, 0.25) is 0 Å². The van der Waals surface area contributed by atoms with E-state index in [9.17, 15) is 13.2 Å². The van der Waals surface area contributed by atoms with E-state index in [1.54, 1.807) is 0 Å². The Morgan fingerprint density at radius 2 is 1.90 bits per heavy atom. The molecule has 2 atom stereocenters. The predicted octanol–water partition coefficient (Wildman–Crippen LogP) is 3.40. The lowest BCUT2D eigenvalue weighted by atomic mass is 9.98. The van der Waals surface area contributed by atoms with Gasteiger partial charge < -0.3 is 10.3 Å². The van der Waals surface area contributed by atoms with Crippen LogP contribution in [0.15, 0.2) is 30.5 Å². The van der Waals surface area contributed by atoms with Gasteiger partial charge in [0.05, 0.1) is 11.3 Å². The standard InChI is InChI=1S/C15H16F3N3/c1-9-6-12(19)7-21-8-13(20-14(9)21)10-2-4-11(5-3-10)15(16,17)18/h2-5,8-9,12H,6-7,19H2,1H3. The van der Waals surface area contributed by atoms with Crippen LogP contribution in [0.3, 0.4) is 0 Å². The van der Waals surface area contributed by atoms with Gasteiger partial charge in [-0.2, -0.15) is 13.2 Å². The van der Waals surface area contributed by atoms with Crippen molar-refractivity contribution in [2.24, 2.45) is 5.73 Å². The second-order valence-corrected chi connectivity index (χ2v) is 5.61. The molecule has 1 aliphatic heterocycles. The number of benzene rings is 1. The summed E-state index contributed by atoms with van der Waals surface area (Å²) >= 11 is 0. The fourth-order valence-corrected chi connectivity index (χ4v) is 2.83. The molecule has 0 saturated heterocycles. The van der Waals surface area contributed by atoms with Gasteiger partial charge >= 0.3 is 6.18 Å². The molecule has 2 heterocycles. The van der Waals surface area contributed by atoms with Crippen molar-refractivity contribution in [3.8, 4) is 11.3 Å². The van der Waals surface area contributed by atoms with E-state index in [1.165, 1.54) is 12.1 Å². The van der Waals surface area contributed by atoms with Gasteiger partial charge in [0.25, 0.3) is 0 Å². The number of alkyl halides is 3. The fraction of sp³-hybridized carbons (Fsp3) is 0.400. The number of halogens is 3. The first-order valence-electron chi connectivity index (χ1n) is 6.85. The van der Waals surface area contributed by atoms with Crippen LogP contribution >= 0.6 is 0 Å². The zero-order chi connectivity index (χ0) is 15.2. The number of nitrogens with zero attached hydrogens (tertiary/aromatic N) is 2. The molecule has 2 unspecified atom stereocenters. The first kappa shape index (κ1) is 14.1. The highest BCUT2D eigenvalue weighted by Gasteiger charge is 2.30. The summed E-state index contributed by atoms with van der Waals surface area (Å²) in [5, 5.41) is 0. The Hall–Kier alpha value is -1.82. The molecule has 6 heteroatoms. The Morgan fingerprint density at radius 1 is 1.24 bits per heavy atom. The number of imidazole rings is 1. The van der Waals surface area contributed by atoms with Crippen LogP contribution < -0.4 is 5.73 Å². The van der Waals surface area contributed by atoms with Crippen LogP contribution in [-0.2, 0) is 12.7 Å². The molecule has 112 valence electrons. The minimum Gasteiger partial charge on any atom is -0.332 e. The Kier molecular flexibility index (Phi) is 3.28. The van der Waals surface area contributed by atoms with Crippen molar-refractivity contribution in [2.75, 3.05) is 0 Å². The van der Waals surface area contributed by atoms with Crippen molar-refractivity contribution in [1.82, 2.24) is 9.55 Å². The summed E-state index contributed by atoms with van der Waals surface area (Å²) in [5.41, 5.74) is 6.71. The molecular formula is C15H16F3N3. The summed E-state index contributed by atoms with van der Waals surface area (Å²) < 4.78 is 39.7. The summed E-state index contributed by atoms with van der Waals surface area (Å²) in [7, 11) is 0. The minimum atomic E-state index is -4.31. The molecule has 2 N–H and O–H groups in total. The molecule has 0 amide bonds. The monoisotopic (exact) mass is 295 g/mol. The Bertz CT molecular complexity index is 643. The molecular weight excluding hydrogens is 279 g/mol. The average molecular weight is 295 g/mol. The largest absolute Gasteiger partial charge is 0.416 e. The molecule has 0 spiro atoms. The van der Waals surface area contributed by atoms with Crippen LogP contribution in [0.2, 0.25) is 0 Å². The lowest BCUT2D eigenvalue weighted by molar-refractivity contribution is -0.137. The summed E-state index contributed by atoms with van der Waals surface area (Å²) in [6, 6.07) is 5.19. The highest BCUT2D eigenvalue weighted by Crippen LogP contribution is 2.32. The lowest BCUT2D eigenvalue weighted by Crippen LogP contribution is -2.33. The average Bonchev–Trinajstić information content (AvgIpc) is 2.82. The van der Waals surface area contributed by atoms with Gasteiger partial charge in [-0.1, -0.05) is 19.1 Å². The Labute approximate surface area is 120 Å². The SMILES string of the molecule is CC1CC(N)Cn2cc(-c3ccc(C(F)(F)F)cc3)nc21. The van der Waals surface area contributed by atoms with Crippen LogP contribution in [0.5, 0.6) is 0 Å². The molecule has 1 aromatic heterocycles. The van der Waals surface area contributed by atoms with Crippen LogP contribution in [-0.4, -0.2) is 15.6 Å². The van der Waals surface area contributed by atoms with Crippen LogP contribution in [0, 0.1) is 0 Å². The molecule has 0 saturated carbocycles. The van der Waals surface area contributed by atoms with Crippen molar-refractivity contribution in [1.29, 1.82) is 0 Å². The van der Waals surface area contributed by atoms with Crippen LogP contribution in [0.4, 0.5) is 13.2 Å². The van der Waals surface area contributed by atoms with Crippen LogP contribution in [0.1, 0.15) is 30.7 Å². The molecule has 1 aromatic carbocycles. The van der Waals surface area contributed by atoms with E-state index in [0.717, 1.165) is 24.4 Å². The first-order chi connectivity index (χ1) is 9.84. The molecule has 0 radical (unpaired) electrons. The molecule has 3 nitrogen and oxygen atoms in total. The van der Waals surface area contributed by atoms with Crippen molar-refractivity contribution in [3.05, 3.63) is 41.9 Å². The zero-order valence-corrected chi connectivity index (χ0v) is 11.6. The molecule has 1 aliphatic rings. The summed E-state index contributed by atoms with van der Waals surface area (Å²) in [5.74, 6) is 1.21. The van der Waals surface area contributed by atoms with Crippen molar-refractivity contribution >= 4 is 0 Å². The van der Waals surface area contributed by atoms with E-state index in [1.807, 2.05) is 10.8 Å². The number of hydrogen-bond donors (Lipinski definition) is 1. The fourth-order valence-electron chi connectivity index (χ4n) is 2.83. The van der Waals surface area contributed by atoms with Crippen LogP contribution in [0.25, 0.3) is 11.3 Å². The van der Waals surface area contributed by atoms with E-state index >= 15 is 0 Å². The molecule has 0 aliphatic carbocycles. The van der Waals surface area contributed by atoms with Gasteiger partial charge in [-0.15, -0.1) is 0 Å². The third-order valence-corrected chi connectivity index (χ3v) is 3.84. The van der Waals surface area contributed by atoms with Gasteiger partial charge in [0.15, 0.2) is 0 Å². The van der Waals surface area contributed by atoms with E-state index in [-0.39, 0.29) is 12.0 Å². The number of hydrogen-bond acceptors (Lipinski definition) is 2. The number of rotatable bonds is 1. The second kappa shape index (κ2) is 4.87. The maximum Gasteiger partial charge on any atom is 0.416 e. The highest BCUT2D eigenvalue weighted by atomic mass is 19.4. The third-order valence-electron chi connectivity index (χ3n) is 3.84. The molecule has 2 aromatic rings. The van der Waals surface area contributed by atoms with Gasteiger partial charge in [-0.05, 0) is 18.6 Å². The third kappa shape index (κ3) is 2.68. The number of aromatic nitrogens is 2. The molecule has 0 fully saturated rings. The van der Waals surface area contributed by atoms with Gasteiger partial charge in [-0.3, -0.25) is 0 Å².